The van der Waals surface area contributed by atoms with Gasteiger partial charge in [-0.25, -0.2) is 9.59 Å². The second kappa shape index (κ2) is 8.80. The van der Waals surface area contributed by atoms with E-state index >= 15 is 0 Å². The molecule has 2 N–H and O–H groups in total. The van der Waals surface area contributed by atoms with Crippen molar-refractivity contribution in [2.45, 2.75) is 6.04 Å². The number of carbonyl (C=O) groups is 3. The zero-order chi connectivity index (χ0) is 22.8. The number of methoxy groups -OCH3 is 2. The van der Waals surface area contributed by atoms with E-state index in [1.165, 1.54) is 19.1 Å². The minimum atomic E-state index is -0.692. The molecule has 2 aliphatic rings. The van der Waals surface area contributed by atoms with Gasteiger partial charge in [-0.2, -0.15) is 0 Å². The van der Waals surface area contributed by atoms with Gasteiger partial charge in [0.2, 0.25) is 5.91 Å². The van der Waals surface area contributed by atoms with Gasteiger partial charge in [-0.3, -0.25) is 9.69 Å². The number of carbonyl (C=O) groups excluding carboxylic acids is 3. The molecular weight excluding hydrogens is 438 g/mol. The molecule has 3 amide bonds. The number of rotatable bonds is 6. The van der Waals surface area contributed by atoms with Crippen LogP contribution in [0, 0.1) is 0 Å². The highest BCUT2D eigenvalue weighted by molar-refractivity contribution is 6.30. The van der Waals surface area contributed by atoms with Gasteiger partial charge in [0.25, 0.3) is 0 Å². The van der Waals surface area contributed by atoms with Crippen LogP contribution in [-0.2, 0) is 14.3 Å². The van der Waals surface area contributed by atoms with Gasteiger partial charge in [-0.15, -0.1) is 0 Å². The normalized spacial score (nSPS) is 17.5. The van der Waals surface area contributed by atoms with E-state index in [0.29, 0.717) is 39.0 Å². The standard InChI is InChI=1S/C22H20ClN3O6/c1-30-14-7-8-17(31-2)15(9-14)24-18(27)10-26-16-11-32-21(28)19(16)20(25-22(26)29)12-3-5-13(23)6-4-12/h3-9,20H,10-11H2,1-2H3,(H,24,27)(H,25,29)/t20-/m0/s1. The van der Waals surface area contributed by atoms with Crippen LogP contribution < -0.4 is 20.1 Å². The summed E-state index contributed by atoms with van der Waals surface area (Å²) < 4.78 is 15.6. The van der Waals surface area contributed by atoms with Crippen LogP contribution in [0.3, 0.4) is 0 Å². The van der Waals surface area contributed by atoms with Crippen LogP contribution in [0.4, 0.5) is 10.5 Å². The third kappa shape index (κ3) is 4.06. The molecule has 1 atom stereocenters. The van der Waals surface area contributed by atoms with Crippen LogP contribution in [0.25, 0.3) is 0 Å². The van der Waals surface area contributed by atoms with Crippen LogP contribution in [0.5, 0.6) is 11.5 Å². The minimum absolute atomic E-state index is 0.0958. The first-order valence-electron chi connectivity index (χ1n) is 9.66. The number of halogens is 1. The van der Waals surface area contributed by atoms with Crippen molar-refractivity contribution < 1.29 is 28.6 Å². The summed E-state index contributed by atoms with van der Waals surface area (Å²) in [5.41, 5.74) is 1.71. The Balaban J connectivity index is 1.59. The van der Waals surface area contributed by atoms with Crippen LogP contribution >= 0.6 is 11.6 Å². The van der Waals surface area contributed by atoms with E-state index in [1.807, 2.05) is 0 Å². The van der Waals surface area contributed by atoms with E-state index in [4.69, 9.17) is 25.8 Å². The van der Waals surface area contributed by atoms with Crippen LogP contribution in [-0.4, -0.2) is 50.2 Å². The lowest BCUT2D eigenvalue weighted by molar-refractivity contribution is -0.136. The average molecular weight is 458 g/mol. The summed E-state index contributed by atoms with van der Waals surface area (Å²) in [5, 5.41) is 6.02. The summed E-state index contributed by atoms with van der Waals surface area (Å²) >= 11 is 5.95. The Labute approximate surface area is 188 Å². The van der Waals surface area contributed by atoms with Crippen molar-refractivity contribution in [2.24, 2.45) is 0 Å². The minimum Gasteiger partial charge on any atom is -0.497 e. The molecule has 0 radical (unpaired) electrons. The zero-order valence-corrected chi connectivity index (χ0v) is 18.1. The number of ether oxygens (including phenoxy) is 3. The third-order valence-corrected chi connectivity index (χ3v) is 5.44. The van der Waals surface area contributed by atoms with Crippen molar-refractivity contribution in [3.05, 3.63) is 64.3 Å². The fourth-order valence-corrected chi connectivity index (χ4v) is 3.75. The molecule has 2 aromatic carbocycles. The quantitative estimate of drug-likeness (QED) is 0.646. The van der Waals surface area contributed by atoms with Crippen molar-refractivity contribution in [1.82, 2.24) is 10.2 Å². The second-order valence-corrected chi connectivity index (χ2v) is 7.51. The van der Waals surface area contributed by atoms with Gasteiger partial charge in [0, 0.05) is 11.1 Å². The smallest absolute Gasteiger partial charge is 0.338 e. The van der Waals surface area contributed by atoms with Crippen molar-refractivity contribution in [1.29, 1.82) is 0 Å². The molecule has 2 aliphatic heterocycles. The maximum Gasteiger partial charge on any atom is 0.338 e. The number of anilines is 1. The first-order chi connectivity index (χ1) is 15.4. The van der Waals surface area contributed by atoms with Crippen molar-refractivity contribution in [2.75, 3.05) is 32.7 Å². The number of nitrogens with one attached hydrogen (secondary N) is 2. The molecule has 0 saturated carbocycles. The van der Waals surface area contributed by atoms with Crippen molar-refractivity contribution in [3.63, 3.8) is 0 Å². The molecule has 10 heteroatoms. The van der Waals surface area contributed by atoms with Crippen molar-refractivity contribution in [3.8, 4) is 11.5 Å². The third-order valence-electron chi connectivity index (χ3n) is 5.18. The molecule has 0 saturated heterocycles. The molecule has 0 aliphatic carbocycles. The fraction of sp³-hybridized carbons (Fsp3) is 0.227. The lowest BCUT2D eigenvalue weighted by Gasteiger charge is -2.32. The van der Waals surface area contributed by atoms with Crippen molar-refractivity contribution >= 4 is 35.2 Å². The number of hydrogen-bond donors (Lipinski definition) is 2. The highest BCUT2D eigenvalue weighted by atomic mass is 35.5. The summed E-state index contributed by atoms with van der Waals surface area (Å²) in [7, 11) is 2.98. The number of urea groups is 1. The highest BCUT2D eigenvalue weighted by Crippen LogP contribution is 2.35. The lowest BCUT2D eigenvalue weighted by atomic mass is 9.96. The molecular formula is C22H20ClN3O6. The monoisotopic (exact) mass is 457 g/mol. The fourth-order valence-electron chi connectivity index (χ4n) is 3.63. The number of nitrogens with zero attached hydrogens (tertiary/aromatic N) is 1. The molecule has 0 spiro atoms. The molecule has 32 heavy (non-hydrogen) atoms. The van der Waals surface area contributed by atoms with E-state index in [2.05, 4.69) is 10.6 Å². The van der Waals surface area contributed by atoms with Crippen LogP contribution in [0.15, 0.2) is 53.7 Å². The van der Waals surface area contributed by atoms with Gasteiger partial charge in [0.15, 0.2) is 0 Å². The van der Waals surface area contributed by atoms with E-state index in [-0.39, 0.29) is 13.2 Å². The Hall–Kier alpha value is -3.72. The first-order valence-corrected chi connectivity index (χ1v) is 10.0. The summed E-state index contributed by atoms with van der Waals surface area (Å²) in [6.07, 6.45) is 0. The number of amides is 3. The number of cyclic esters (lactones) is 1. The summed E-state index contributed by atoms with van der Waals surface area (Å²) in [4.78, 5) is 39.3. The lowest BCUT2D eigenvalue weighted by Crippen LogP contribution is -2.49. The summed E-state index contributed by atoms with van der Waals surface area (Å²) in [5.74, 6) is -0.0607. The van der Waals surface area contributed by atoms with Gasteiger partial charge in [-0.1, -0.05) is 23.7 Å². The predicted octanol–water partition coefficient (Wildman–Crippen LogP) is 2.87. The van der Waals surface area contributed by atoms with Gasteiger partial charge in [0.05, 0.1) is 37.2 Å². The number of benzene rings is 2. The Kier molecular flexibility index (Phi) is 5.91. The maximum absolute atomic E-state index is 12.9. The zero-order valence-electron chi connectivity index (χ0n) is 17.3. The van der Waals surface area contributed by atoms with Gasteiger partial charge >= 0.3 is 12.0 Å². The second-order valence-electron chi connectivity index (χ2n) is 7.07. The molecule has 0 aromatic heterocycles. The number of hydrogen-bond acceptors (Lipinski definition) is 6. The summed E-state index contributed by atoms with van der Waals surface area (Å²) in [6.45, 7) is -0.420. The Morgan fingerprint density at radius 3 is 2.62 bits per heavy atom. The summed E-state index contributed by atoms with van der Waals surface area (Å²) in [6, 6.07) is 10.5. The Bertz CT molecular complexity index is 1120. The first kappa shape index (κ1) is 21.5. The molecule has 2 aromatic rings. The topological polar surface area (TPSA) is 106 Å². The van der Waals surface area contributed by atoms with Gasteiger partial charge < -0.3 is 24.8 Å². The van der Waals surface area contributed by atoms with E-state index in [1.54, 1.807) is 42.5 Å². The van der Waals surface area contributed by atoms with E-state index in [9.17, 15) is 14.4 Å². The molecule has 4 rings (SSSR count). The molecule has 9 nitrogen and oxygen atoms in total. The Morgan fingerprint density at radius 1 is 1.19 bits per heavy atom. The van der Waals surface area contributed by atoms with Gasteiger partial charge in [0.1, 0.15) is 24.7 Å². The molecule has 166 valence electrons. The molecule has 0 bridgehead atoms. The van der Waals surface area contributed by atoms with Crippen LogP contribution in [0.2, 0.25) is 5.02 Å². The number of esters is 1. The average Bonchev–Trinajstić information content (AvgIpc) is 3.17. The Morgan fingerprint density at radius 2 is 1.94 bits per heavy atom. The molecule has 0 fully saturated rings. The predicted molar refractivity (Wildman–Crippen MR) is 116 cm³/mol. The van der Waals surface area contributed by atoms with Gasteiger partial charge in [-0.05, 0) is 29.8 Å². The molecule has 0 unspecified atom stereocenters. The highest BCUT2D eigenvalue weighted by Gasteiger charge is 2.42. The molecule has 2 heterocycles. The largest absolute Gasteiger partial charge is 0.497 e. The van der Waals surface area contributed by atoms with Crippen LogP contribution in [0.1, 0.15) is 11.6 Å². The maximum atomic E-state index is 12.9. The SMILES string of the molecule is COc1ccc(OC)c(NC(=O)CN2C(=O)N[C@@H](c3ccc(Cl)cc3)C3=C2COC3=O)c1. The van der Waals surface area contributed by atoms with E-state index in [0.717, 1.165) is 0 Å². The van der Waals surface area contributed by atoms with E-state index < -0.39 is 23.9 Å².